The van der Waals surface area contributed by atoms with E-state index in [2.05, 4.69) is 21.0 Å². The predicted molar refractivity (Wildman–Crippen MR) is 160 cm³/mol. The first-order chi connectivity index (χ1) is 21.3. The van der Waals surface area contributed by atoms with E-state index in [4.69, 9.17) is 9.47 Å². The van der Waals surface area contributed by atoms with E-state index in [-0.39, 0.29) is 30.5 Å². The van der Waals surface area contributed by atoms with Crippen molar-refractivity contribution in [1.29, 1.82) is 0 Å². The van der Waals surface area contributed by atoms with Gasteiger partial charge in [-0.25, -0.2) is 4.39 Å². The average Bonchev–Trinajstić information content (AvgIpc) is 3.59. The number of aromatic nitrogens is 2. The third kappa shape index (κ3) is 6.87. The van der Waals surface area contributed by atoms with Gasteiger partial charge in [0.15, 0.2) is 12.4 Å². The third-order valence-electron chi connectivity index (χ3n) is 7.46. The maximum absolute atomic E-state index is 15.0. The fourth-order valence-corrected chi connectivity index (χ4v) is 5.26. The van der Waals surface area contributed by atoms with E-state index in [0.717, 1.165) is 5.56 Å². The van der Waals surface area contributed by atoms with E-state index < -0.39 is 23.9 Å². The molecule has 2 atom stereocenters. The second-order valence-electron chi connectivity index (χ2n) is 10.8. The minimum Gasteiger partial charge on any atom is -0.487 e. The van der Waals surface area contributed by atoms with Crippen LogP contribution in [0.1, 0.15) is 15.9 Å². The molecule has 3 aliphatic rings. The summed E-state index contributed by atoms with van der Waals surface area (Å²) in [6, 6.07) is 19.7. The molecule has 0 aliphatic carbocycles. The minimum absolute atomic E-state index is 0.0453. The summed E-state index contributed by atoms with van der Waals surface area (Å²) in [5, 5.41) is 12.7. The van der Waals surface area contributed by atoms with Gasteiger partial charge in [0, 0.05) is 38.9 Å². The van der Waals surface area contributed by atoms with Gasteiger partial charge in [-0.2, -0.15) is 5.10 Å². The lowest BCUT2D eigenvalue weighted by Gasteiger charge is -2.22. The smallest absolute Gasteiger partial charge is 0.258 e. The molecule has 6 bridgehead atoms. The molecule has 3 aliphatic heterocycles. The number of rotatable bonds is 3. The van der Waals surface area contributed by atoms with E-state index in [9.17, 15) is 14.4 Å². The van der Waals surface area contributed by atoms with Crippen molar-refractivity contribution in [2.75, 3.05) is 31.6 Å². The van der Waals surface area contributed by atoms with E-state index in [1.54, 1.807) is 60.4 Å². The van der Waals surface area contributed by atoms with Crippen molar-refractivity contribution in [3.63, 3.8) is 0 Å². The Bertz CT molecular complexity index is 1690. The Kier molecular flexibility index (Phi) is 8.24. The van der Waals surface area contributed by atoms with Gasteiger partial charge in [0.05, 0.1) is 18.2 Å². The summed E-state index contributed by atoms with van der Waals surface area (Å²) in [4.78, 5) is 40.6. The largest absolute Gasteiger partial charge is 0.487 e. The third-order valence-corrected chi connectivity index (χ3v) is 7.46. The fraction of sp³-hybridized carbons (Fsp3) is 0.250. The molecule has 4 heterocycles. The molecule has 0 saturated carbocycles. The van der Waals surface area contributed by atoms with Crippen LogP contribution in [0.2, 0.25) is 0 Å². The lowest BCUT2D eigenvalue weighted by atomic mass is 10.0. The van der Waals surface area contributed by atoms with Gasteiger partial charge in [-0.05, 0) is 53.1 Å². The molecule has 0 spiro atoms. The zero-order valence-electron chi connectivity index (χ0n) is 24.0. The van der Waals surface area contributed by atoms with E-state index in [1.807, 2.05) is 23.1 Å². The summed E-state index contributed by atoms with van der Waals surface area (Å²) >= 11 is 0. The molecule has 3 aromatic carbocycles. The Morgan fingerprint density at radius 3 is 2.64 bits per heavy atom. The first-order valence-corrected chi connectivity index (χ1v) is 14.2. The van der Waals surface area contributed by atoms with Crippen LogP contribution in [0.5, 0.6) is 11.5 Å². The van der Waals surface area contributed by atoms with Crippen molar-refractivity contribution >= 4 is 23.5 Å². The summed E-state index contributed by atoms with van der Waals surface area (Å²) in [6.45, 7) is 0.817. The first-order valence-electron chi connectivity index (χ1n) is 14.2. The molecular weight excluding hydrogens is 567 g/mol. The van der Waals surface area contributed by atoms with Crippen LogP contribution in [-0.4, -0.2) is 70.8 Å². The normalized spacial score (nSPS) is 18.8. The van der Waals surface area contributed by atoms with E-state index in [1.165, 1.54) is 12.1 Å². The van der Waals surface area contributed by atoms with Crippen LogP contribution in [0.4, 0.5) is 10.2 Å². The standard InChI is InChI=1S/C32H31FN6O5/c1-38-12-11-29(37-38)36-30(40)18-39-16-27-28(17-39)44-23-8-5-20(6-9-23)15-34-31(41)19-43-24-4-2-3-21(13-24)22-7-10-26(33)25(14-22)32(42)35-27/h2-14,27-28H,15-19H2,1H3,(H,34,41)(H,35,42)(H,36,37,40)/t27-,28-/m0/s1. The quantitative estimate of drug-likeness (QED) is 0.331. The number of likely N-dealkylation sites (tertiary alicyclic amines) is 1. The molecule has 44 heavy (non-hydrogen) atoms. The van der Waals surface area contributed by atoms with Gasteiger partial charge in [0.2, 0.25) is 5.91 Å². The highest BCUT2D eigenvalue weighted by atomic mass is 19.1. The maximum Gasteiger partial charge on any atom is 0.258 e. The van der Waals surface area contributed by atoms with Crippen LogP contribution in [0.3, 0.4) is 0 Å². The molecule has 7 rings (SSSR count). The Hall–Kier alpha value is -5.23. The minimum atomic E-state index is -0.671. The van der Waals surface area contributed by atoms with Gasteiger partial charge in [-0.15, -0.1) is 0 Å². The zero-order valence-corrected chi connectivity index (χ0v) is 24.0. The molecule has 12 heteroatoms. The van der Waals surface area contributed by atoms with Crippen LogP contribution < -0.4 is 25.4 Å². The maximum atomic E-state index is 15.0. The molecule has 0 radical (unpaired) electrons. The topological polar surface area (TPSA) is 127 Å². The van der Waals surface area contributed by atoms with E-state index in [0.29, 0.717) is 48.1 Å². The van der Waals surface area contributed by atoms with E-state index >= 15 is 4.39 Å². The summed E-state index contributed by atoms with van der Waals surface area (Å²) in [5.41, 5.74) is 2.03. The van der Waals surface area contributed by atoms with Crippen LogP contribution in [-0.2, 0) is 23.2 Å². The Labute approximate surface area is 252 Å². The van der Waals surface area contributed by atoms with Gasteiger partial charge < -0.3 is 25.4 Å². The van der Waals surface area contributed by atoms with Crippen LogP contribution in [0.25, 0.3) is 11.1 Å². The number of nitrogens with zero attached hydrogens (tertiary/aromatic N) is 3. The van der Waals surface area contributed by atoms with Crippen molar-refractivity contribution in [2.24, 2.45) is 7.05 Å². The molecule has 3 N–H and O–H groups in total. The number of hydrogen-bond donors (Lipinski definition) is 3. The van der Waals surface area contributed by atoms with Gasteiger partial charge in [0.25, 0.3) is 11.8 Å². The average molecular weight is 599 g/mol. The van der Waals surface area contributed by atoms with Crippen LogP contribution in [0.15, 0.2) is 79.0 Å². The molecule has 1 aromatic heterocycles. The highest BCUT2D eigenvalue weighted by molar-refractivity contribution is 5.96. The molecule has 3 amide bonds. The van der Waals surface area contributed by atoms with Crippen molar-refractivity contribution in [3.8, 4) is 22.6 Å². The number of nitrogens with one attached hydrogen (secondary N) is 3. The second-order valence-corrected chi connectivity index (χ2v) is 10.8. The Balaban J connectivity index is 1.27. The number of ether oxygens (including phenoxy) is 2. The first kappa shape index (κ1) is 28.9. The Morgan fingerprint density at radius 2 is 1.84 bits per heavy atom. The number of anilines is 1. The summed E-state index contributed by atoms with van der Waals surface area (Å²) in [7, 11) is 1.76. The van der Waals surface area contributed by atoms with Crippen molar-refractivity contribution in [2.45, 2.75) is 18.7 Å². The number of benzene rings is 3. The SMILES string of the molecule is Cn1ccc(NC(=O)CN2C[C@@H]3NC(=O)c4cc(ccc4F)-c4cccc(c4)OCC(=O)NCc4ccc(cc4)O[C@H]3C2)n1. The number of hydrogen-bond acceptors (Lipinski definition) is 7. The Morgan fingerprint density at radius 1 is 1.02 bits per heavy atom. The number of carbonyl (C=O) groups excluding carboxylic acids is 3. The van der Waals surface area contributed by atoms with Gasteiger partial charge in [-0.3, -0.25) is 24.0 Å². The number of carbonyl (C=O) groups is 3. The number of fused-ring (bicyclic) bond motifs is 7. The molecule has 0 unspecified atom stereocenters. The van der Waals surface area contributed by atoms with Crippen LogP contribution in [0, 0.1) is 5.82 Å². The molecule has 4 aromatic rings. The second kappa shape index (κ2) is 12.6. The number of amides is 3. The molecular formula is C32H31FN6O5. The number of aryl methyl sites for hydroxylation is 1. The van der Waals surface area contributed by atoms with Crippen LogP contribution >= 0.6 is 0 Å². The monoisotopic (exact) mass is 598 g/mol. The fourth-order valence-electron chi connectivity index (χ4n) is 5.26. The molecule has 1 fully saturated rings. The van der Waals surface area contributed by atoms with Crippen molar-refractivity contribution in [3.05, 3.63) is 95.9 Å². The summed E-state index contributed by atoms with van der Waals surface area (Å²) < 4.78 is 28.6. The van der Waals surface area contributed by atoms with Gasteiger partial charge >= 0.3 is 0 Å². The molecule has 11 nitrogen and oxygen atoms in total. The highest BCUT2D eigenvalue weighted by Crippen LogP contribution is 2.27. The van der Waals surface area contributed by atoms with Gasteiger partial charge in [-0.1, -0.05) is 30.3 Å². The zero-order chi connectivity index (χ0) is 30.6. The summed E-state index contributed by atoms with van der Waals surface area (Å²) in [5.74, 6) is -0.367. The van der Waals surface area contributed by atoms with Crippen molar-refractivity contribution in [1.82, 2.24) is 25.3 Å². The lowest BCUT2D eigenvalue weighted by Crippen LogP contribution is -2.45. The molecule has 226 valence electrons. The highest BCUT2D eigenvalue weighted by Gasteiger charge is 2.37. The summed E-state index contributed by atoms with van der Waals surface area (Å²) in [6.07, 6.45) is 1.20. The molecule has 1 saturated heterocycles. The predicted octanol–water partition coefficient (Wildman–Crippen LogP) is 2.74. The number of halogens is 1. The van der Waals surface area contributed by atoms with Crippen molar-refractivity contribution < 1.29 is 28.2 Å². The lowest BCUT2D eigenvalue weighted by molar-refractivity contribution is -0.123. The van der Waals surface area contributed by atoms with Gasteiger partial charge in [0.1, 0.15) is 23.4 Å².